The second-order valence-electron chi connectivity index (χ2n) is 3.80. The Bertz CT molecular complexity index is 569. The lowest BCUT2D eigenvalue weighted by Gasteiger charge is -2.03. The Morgan fingerprint density at radius 2 is 2.37 bits per heavy atom. The summed E-state index contributed by atoms with van der Waals surface area (Å²) in [6.07, 6.45) is 0. The molecule has 0 atom stereocenters. The summed E-state index contributed by atoms with van der Waals surface area (Å²) >= 11 is 3.03. The van der Waals surface area contributed by atoms with Gasteiger partial charge >= 0.3 is 5.97 Å². The third kappa shape index (κ3) is 3.79. The Labute approximate surface area is 119 Å². The molecule has 0 saturated carbocycles. The summed E-state index contributed by atoms with van der Waals surface area (Å²) in [6, 6.07) is 7.97. The maximum Gasteiger partial charge on any atom is 0.355 e. The van der Waals surface area contributed by atoms with Crippen molar-refractivity contribution in [1.29, 1.82) is 0 Å². The van der Waals surface area contributed by atoms with E-state index in [4.69, 9.17) is 9.84 Å². The average Bonchev–Trinajstić information content (AvgIpc) is 2.89. The van der Waals surface area contributed by atoms with Crippen LogP contribution in [0.25, 0.3) is 10.6 Å². The normalized spacial score (nSPS) is 10.6. The molecule has 1 N–H and O–H groups in total. The molecule has 19 heavy (non-hydrogen) atoms. The van der Waals surface area contributed by atoms with Gasteiger partial charge in [-0.3, -0.25) is 0 Å². The van der Waals surface area contributed by atoms with Gasteiger partial charge in [0.2, 0.25) is 0 Å². The Morgan fingerprint density at radius 3 is 3.05 bits per heavy atom. The van der Waals surface area contributed by atoms with Crippen LogP contribution >= 0.6 is 23.1 Å². The van der Waals surface area contributed by atoms with Crippen molar-refractivity contribution in [3.63, 3.8) is 0 Å². The fraction of sp³-hybridized carbons (Fsp3) is 0.231. The second kappa shape index (κ2) is 6.70. The van der Waals surface area contributed by atoms with Crippen molar-refractivity contribution in [3.05, 3.63) is 40.9 Å². The van der Waals surface area contributed by atoms with Gasteiger partial charge in [-0.25, -0.2) is 9.78 Å². The second-order valence-corrected chi connectivity index (χ2v) is 5.59. The average molecular weight is 295 g/mol. The van der Waals surface area contributed by atoms with Crippen molar-refractivity contribution >= 4 is 29.1 Å². The van der Waals surface area contributed by atoms with E-state index in [9.17, 15) is 4.79 Å². The van der Waals surface area contributed by atoms with Crippen molar-refractivity contribution in [2.75, 3.05) is 13.0 Å². The number of carbonyl (C=O) groups is 1. The van der Waals surface area contributed by atoms with Gasteiger partial charge in [-0.1, -0.05) is 18.2 Å². The molecule has 100 valence electrons. The standard InChI is InChI=1S/C13H13NO3S2/c1-17-8-18-6-9-3-2-4-10(5-9)12-14-11(7-19-12)13(15)16/h2-5,7H,6,8H2,1H3,(H,15,16). The molecule has 0 aliphatic heterocycles. The molecule has 1 heterocycles. The van der Waals surface area contributed by atoms with Gasteiger partial charge in [-0.2, -0.15) is 0 Å². The number of thiazole rings is 1. The molecule has 6 heteroatoms. The van der Waals surface area contributed by atoms with Crippen LogP contribution in [0.3, 0.4) is 0 Å². The molecule has 2 aromatic rings. The number of carboxylic acids is 1. The molecule has 0 aliphatic carbocycles. The van der Waals surface area contributed by atoms with Crippen LogP contribution in [0.2, 0.25) is 0 Å². The number of rotatable bonds is 6. The summed E-state index contributed by atoms with van der Waals surface area (Å²) in [7, 11) is 1.67. The van der Waals surface area contributed by atoms with Crippen LogP contribution in [0.4, 0.5) is 0 Å². The highest BCUT2D eigenvalue weighted by molar-refractivity contribution is 7.98. The Balaban J connectivity index is 2.15. The van der Waals surface area contributed by atoms with Gasteiger partial charge in [0, 0.05) is 23.8 Å². The smallest absolute Gasteiger partial charge is 0.355 e. The third-order valence-corrected chi connectivity index (χ3v) is 4.20. The molecule has 0 aliphatic rings. The van der Waals surface area contributed by atoms with Gasteiger partial charge < -0.3 is 9.84 Å². The monoisotopic (exact) mass is 295 g/mol. The van der Waals surface area contributed by atoms with Crippen molar-refractivity contribution < 1.29 is 14.6 Å². The molecule has 0 amide bonds. The SMILES string of the molecule is COCSCc1cccc(-c2nc(C(=O)O)cs2)c1. The summed E-state index contributed by atoms with van der Waals surface area (Å²) < 4.78 is 5.00. The highest BCUT2D eigenvalue weighted by Gasteiger charge is 2.10. The molecule has 0 spiro atoms. The number of nitrogens with zero attached hydrogens (tertiary/aromatic N) is 1. The van der Waals surface area contributed by atoms with Crippen LogP contribution in [0.5, 0.6) is 0 Å². The van der Waals surface area contributed by atoms with Gasteiger partial charge in [0.1, 0.15) is 5.01 Å². The molecule has 1 aromatic carbocycles. The first-order valence-electron chi connectivity index (χ1n) is 5.55. The first-order valence-corrected chi connectivity index (χ1v) is 7.59. The van der Waals surface area contributed by atoms with Crippen molar-refractivity contribution in [2.45, 2.75) is 5.75 Å². The number of aromatic carboxylic acids is 1. The van der Waals surface area contributed by atoms with Crippen molar-refractivity contribution in [1.82, 2.24) is 4.98 Å². The highest BCUT2D eigenvalue weighted by atomic mass is 32.2. The number of hydrogen-bond donors (Lipinski definition) is 1. The van der Waals surface area contributed by atoms with Crippen molar-refractivity contribution in [2.24, 2.45) is 0 Å². The summed E-state index contributed by atoms with van der Waals surface area (Å²) in [6.45, 7) is 0. The Kier molecular flexibility index (Phi) is 4.95. The van der Waals surface area contributed by atoms with Gasteiger partial charge in [-0.15, -0.1) is 23.1 Å². The number of hydrogen-bond acceptors (Lipinski definition) is 5. The van der Waals surface area contributed by atoms with Crippen LogP contribution in [0, 0.1) is 0 Å². The van der Waals surface area contributed by atoms with Crippen molar-refractivity contribution in [3.8, 4) is 10.6 Å². The van der Waals surface area contributed by atoms with Crippen LogP contribution in [0.15, 0.2) is 29.6 Å². The summed E-state index contributed by atoms with van der Waals surface area (Å²) in [5.74, 6) is 0.526. The quantitative estimate of drug-likeness (QED) is 0.654. The molecule has 0 bridgehead atoms. The topological polar surface area (TPSA) is 59.4 Å². The lowest BCUT2D eigenvalue weighted by molar-refractivity contribution is 0.0691. The maximum atomic E-state index is 10.8. The number of thioether (sulfide) groups is 1. The minimum absolute atomic E-state index is 0.0964. The summed E-state index contributed by atoms with van der Waals surface area (Å²) in [4.78, 5) is 14.9. The zero-order valence-electron chi connectivity index (χ0n) is 10.3. The van der Waals surface area contributed by atoms with E-state index in [-0.39, 0.29) is 5.69 Å². The zero-order chi connectivity index (χ0) is 13.7. The van der Waals surface area contributed by atoms with Crippen LogP contribution in [0.1, 0.15) is 16.1 Å². The maximum absolute atomic E-state index is 10.8. The number of carboxylic acid groups (broad SMARTS) is 1. The first kappa shape index (κ1) is 14.0. The van der Waals surface area contributed by atoms with E-state index in [1.165, 1.54) is 16.9 Å². The fourth-order valence-corrected chi connectivity index (χ4v) is 3.00. The van der Waals surface area contributed by atoms with E-state index < -0.39 is 5.97 Å². The van der Waals surface area contributed by atoms with Gasteiger partial charge in [-0.05, 0) is 11.6 Å². The number of methoxy groups -OCH3 is 1. The van der Waals surface area contributed by atoms with Crippen LogP contribution < -0.4 is 0 Å². The minimum Gasteiger partial charge on any atom is -0.476 e. The Hall–Kier alpha value is -1.37. The zero-order valence-corrected chi connectivity index (χ0v) is 12.0. The van der Waals surface area contributed by atoms with Crippen LogP contribution in [-0.2, 0) is 10.5 Å². The summed E-state index contributed by atoms with van der Waals surface area (Å²) in [5, 5.41) is 11.2. The van der Waals surface area contributed by atoms with E-state index in [1.807, 2.05) is 24.3 Å². The molecule has 1 aromatic heterocycles. The molecule has 0 radical (unpaired) electrons. The van der Waals surface area contributed by atoms with E-state index in [1.54, 1.807) is 24.3 Å². The number of benzene rings is 1. The molecule has 2 rings (SSSR count). The molecule has 0 saturated heterocycles. The highest BCUT2D eigenvalue weighted by Crippen LogP contribution is 2.25. The van der Waals surface area contributed by atoms with E-state index in [2.05, 4.69) is 4.98 Å². The van der Waals surface area contributed by atoms with Crippen LogP contribution in [-0.4, -0.2) is 29.1 Å². The Morgan fingerprint density at radius 1 is 1.53 bits per heavy atom. The predicted molar refractivity (Wildman–Crippen MR) is 77.7 cm³/mol. The number of aromatic nitrogens is 1. The molecular weight excluding hydrogens is 282 g/mol. The van der Waals surface area contributed by atoms with Gasteiger partial charge in [0.25, 0.3) is 0 Å². The lowest BCUT2D eigenvalue weighted by Crippen LogP contribution is -1.95. The van der Waals surface area contributed by atoms with E-state index >= 15 is 0 Å². The molecular formula is C13H13NO3S2. The largest absolute Gasteiger partial charge is 0.476 e. The lowest BCUT2D eigenvalue weighted by atomic mass is 10.1. The first-order chi connectivity index (χ1) is 9.20. The molecule has 0 fully saturated rings. The minimum atomic E-state index is -0.991. The number of ether oxygens (including phenoxy) is 1. The molecule has 4 nitrogen and oxygen atoms in total. The van der Waals surface area contributed by atoms with Gasteiger partial charge in [0.05, 0.1) is 5.94 Å². The van der Waals surface area contributed by atoms with Gasteiger partial charge in [0.15, 0.2) is 5.69 Å². The third-order valence-electron chi connectivity index (χ3n) is 2.37. The fourth-order valence-electron chi connectivity index (χ4n) is 1.54. The van der Waals surface area contributed by atoms with E-state index in [0.29, 0.717) is 5.94 Å². The van der Waals surface area contributed by atoms with E-state index in [0.717, 1.165) is 16.3 Å². The molecule has 0 unspecified atom stereocenters. The predicted octanol–water partition coefficient (Wildman–Crippen LogP) is 3.35. The summed E-state index contributed by atoms with van der Waals surface area (Å²) in [5.41, 5.74) is 2.22.